The first kappa shape index (κ1) is 23.9. The van der Waals surface area contributed by atoms with Crippen LogP contribution < -0.4 is 10.6 Å². The van der Waals surface area contributed by atoms with Gasteiger partial charge in [0.15, 0.2) is 0 Å². The van der Waals surface area contributed by atoms with Gasteiger partial charge in [-0.25, -0.2) is 9.79 Å². The summed E-state index contributed by atoms with van der Waals surface area (Å²) in [6.45, 7) is 8.13. The lowest BCUT2D eigenvalue weighted by molar-refractivity contribution is -0.122. The lowest BCUT2D eigenvalue weighted by Crippen LogP contribution is -2.51. The summed E-state index contributed by atoms with van der Waals surface area (Å²) >= 11 is 0. The van der Waals surface area contributed by atoms with E-state index in [4.69, 9.17) is 14.7 Å². The Morgan fingerprint density at radius 2 is 1.90 bits per heavy atom. The number of alkyl carbamates (subject to hydrolysis) is 1. The molecule has 1 saturated heterocycles. The molecule has 0 aromatic heterocycles. The third-order valence-corrected chi connectivity index (χ3v) is 5.08. The number of hydrogen-bond acceptors (Lipinski definition) is 6. The number of nitrogens with one attached hydrogen (secondary N) is 2. The second-order valence-electron chi connectivity index (χ2n) is 9.00. The van der Waals surface area contributed by atoms with Gasteiger partial charge in [-0.05, 0) is 37.5 Å². The van der Waals surface area contributed by atoms with Crippen LogP contribution in [0.1, 0.15) is 59.3 Å². The highest BCUT2D eigenvalue weighted by molar-refractivity contribution is 5.96. The van der Waals surface area contributed by atoms with Crippen molar-refractivity contribution in [1.82, 2.24) is 15.5 Å². The van der Waals surface area contributed by atoms with Gasteiger partial charge >= 0.3 is 6.09 Å². The molecule has 2 rings (SSSR count). The highest BCUT2D eigenvalue weighted by Gasteiger charge is 2.28. The molecule has 0 aromatic rings. The van der Waals surface area contributed by atoms with Crippen LogP contribution in [0.25, 0.3) is 0 Å². The first-order chi connectivity index (χ1) is 14.3. The van der Waals surface area contributed by atoms with Crippen LogP contribution in [-0.2, 0) is 14.3 Å². The Balaban J connectivity index is 2.17. The van der Waals surface area contributed by atoms with Crippen LogP contribution in [-0.4, -0.2) is 67.9 Å². The highest BCUT2D eigenvalue weighted by atomic mass is 16.6. The standard InChI is InChI=1S/C21H35N5O4/c1-21(2,3)15-17(18(27)23-10-9-22)24-19(26-11-13-29-14-12-26)25-20(28)30-16-7-5-4-6-8-16/h16-17H,4-8,10-15H2,1-3H3,(H,23,27)(H,24,25,28). The first-order valence-corrected chi connectivity index (χ1v) is 10.8. The Morgan fingerprint density at radius 3 is 2.50 bits per heavy atom. The number of amides is 2. The van der Waals surface area contributed by atoms with Gasteiger partial charge in [-0.2, -0.15) is 5.26 Å². The Kier molecular flexibility index (Phi) is 9.37. The summed E-state index contributed by atoms with van der Waals surface area (Å²) in [4.78, 5) is 31.7. The van der Waals surface area contributed by atoms with E-state index in [9.17, 15) is 9.59 Å². The molecule has 2 fully saturated rings. The van der Waals surface area contributed by atoms with E-state index in [2.05, 4.69) is 15.6 Å². The maximum absolute atomic E-state index is 12.6. The van der Waals surface area contributed by atoms with Crippen molar-refractivity contribution in [2.24, 2.45) is 10.4 Å². The molecule has 2 amide bonds. The molecule has 0 spiro atoms. The van der Waals surface area contributed by atoms with E-state index >= 15 is 0 Å². The Morgan fingerprint density at radius 1 is 1.23 bits per heavy atom. The van der Waals surface area contributed by atoms with Crippen LogP contribution in [0, 0.1) is 16.7 Å². The fourth-order valence-corrected chi connectivity index (χ4v) is 3.59. The second-order valence-corrected chi connectivity index (χ2v) is 9.00. The van der Waals surface area contributed by atoms with E-state index in [1.54, 1.807) is 0 Å². The van der Waals surface area contributed by atoms with Crippen molar-refractivity contribution in [3.63, 3.8) is 0 Å². The largest absolute Gasteiger partial charge is 0.446 e. The quantitative estimate of drug-likeness (QED) is 0.399. The van der Waals surface area contributed by atoms with Gasteiger partial charge in [-0.3, -0.25) is 10.1 Å². The smallest absolute Gasteiger partial charge is 0.414 e. The summed E-state index contributed by atoms with van der Waals surface area (Å²) in [6, 6.07) is 1.18. The summed E-state index contributed by atoms with van der Waals surface area (Å²) in [5, 5.41) is 14.2. The van der Waals surface area contributed by atoms with Crippen LogP contribution in [0.5, 0.6) is 0 Å². The average molecular weight is 422 g/mol. The third-order valence-electron chi connectivity index (χ3n) is 5.08. The van der Waals surface area contributed by atoms with Crippen molar-refractivity contribution in [3.8, 4) is 6.07 Å². The van der Waals surface area contributed by atoms with Gasteiger partial charge in [0.05, 0.1) is 19.3 Å². The molecule has 0 radical (unpaired) electrons. The molecule has 0 aromatic carbocycles. The predicted molar refractivity (Wildman–Crippen MR) is 113 cm³/mol. The molecule has 2 N–H and O–H groups in total. The Bertz CT molecular complexity index is 641. The van der Waals surface area contributed by atoms with Gasteiger partial charge in [0.2, 0.25) is 11.9 Å². The van der Waals surface area contributed by atoms with Crippen molar-refractivity contribution < 1.29 is 19.1 Å². The van der Waals surface area contributed by atoms with Crippen molar-refractivity contribution in [3.05, 3.63) is 0 Å². The second kappa shape index (κ2) is 11.7. The number of nitriles is 1. The van der Waals surface area contributed by atoms with Gasteiger partial charge in [-0.15, -0.1) is 0 Å². The minimum Gasteiger partial charge on any atom is -0.446 e. The van der Waals surface area contributed by atoms with Crippen LogP contribution in [0.4, 0.5) is 4.79 Å². The fourth-order valence-electron chi connectivity index (χ4n) is 3.59. The molecule has 1 saturated carbocycles. The van der Waals surface area contributed by atoms with Gasteiger partial charge in [0, 0.05) is 13.1 Å². The zero-order valence-corrected chi connectivity index (χ0v) is 18.4. The van der Waals surface area contributed by atoms with Gasteiger partial charge in [0.25, 0.3) is 0 Å². The predicted octanol–water partition coefficient (Wildman–Crippen LogP) is 2.18. The van der Waals surface area contributed by atoms with Crippen LogP contribution in [0.2, 0.25) is 0 Å². The van der Waals surface area contributed by atoms with E-state index in [0.717, 1.165) is 25.7 Å². The zero-order valence-electron chi connectivity index (χ0n) is 18.4. The maximum atomic E-state index is 12.6. The average Bonchev–Trinajstić information content (AvgIpc) is 2.71. The van der Waals surface area contributed by atoms with Crippen LogP contribution in [0.3, 0.4) is 0 Å². The summed E-state index contributed by atoms with van der Waals surface area (Å²) in [7, 11) is 0. The number of guanidine groups is 1. The molecule has 1 atom stereocenters. The van der Waals surface area contributed by atoms with Crippen molar-refractivity contribution in [2.75, 3.05) is 32.8 Å². The number of rotatable bonds is 5. The molecular weight excluding hydrogens is 386 g/mol. The molecule has 0 bridgehead atoms. The maximum Gasteiger partial charge on any atom is 0.414 e. The lowest BCUT2D eigenvalue weighted by Gasteiger charge is -2.31. The summed E-state index contributed by atoms with van der Waals surface area (Å²) in [6.07, 6.45) is 4.91. The summed E-state index contributed by atoms with van der Waals surface area (Å²) in [5.41, 5.74) is -0.170. The molecule has 1 aliphatic carbocycles. The number of hydrogen-bond donors (Lipinski definition) is 2. The molecule has 9 nitrogen and oxygen atoms in total. The molecule has 30 heavy (non-hydrogen) atoms. The number of carbonyl (C=O) groups excluding carboxylic acids is 2. The van der Waals surface area contributed by atoms with E-state index in [1.807, 2.05) is 31.7 Å². The van der Waals surface area contributed by atoms with Gasteiger partial charge in [0.1, 0.15) is 18.7 Å². The number of nitrogens with zero attached hydrogens (tertiary/aromatic N) is 3. The van der Waals surface area contributed by atoms with Gasteiger partial charge < -0.3 is 19.7 Å². The normalized spacial score (nSPS) is 19.5. The van der Waals surface area contributed by atoms with E-state index in [-0.39, 0.29) is 24.0 Å². The zero-order chi connectivity index (χ0) is 22.0. The number of carbonyl (C=O) groups is 2. The molecule has 168 valence electrons. The monoisotopic (exact) mass is 421 g/mol. The van der Waals surface area contributed by atoms with Crippen LogP contribution >= 0.6 is 0 Å². The molecular formula is C21H35N5O4. The summed E-state index contributed by atoms with van der Waals surface area (Å²) in [5.74, 6) is -0.0138. The van der Waals surface area contributed by atoms with E-state index < -0.39 is 12.1 Å². The molecule has 1 aliphatic heterocycles. The topological polar surface area (TPSA) is 116 Å². The molecule has 1 heterocycles. The molecule has 2 aliphatic rings. The van der Waals surface area contributed by atoms with E-state index in [1.165, 1.54) is 6.42 Å². The van der Waals surface area contributed by atoms with Crippen molar-refractivity contribution >= 4 is 18.0 Å². The molecule has 1 unspecified atom stereocenters. The minimum atomic E-state index is -0.730. The first-order valence-electron chi connectivity index (χ1n) is 10.8. The highest BCUT2D eigenvalue weighted by Crippen LogP contribution is 2.23. The van der Waals surface area contributed by atoms with Crippen molar-refractivity contribution in [2.45, 2.75) is 71.4 Å². The van der Waals surface area contributed by atoms with Crippen molar-refractivity contribution in [1.29, 1.82) is 5.26 Å². The minimum absolute atomic E-state index is 0.0750. The number of aliphatic imine (C=N–C) groups is 1. The fraction of sp³-hybridized carbons (Fsp3) is 0.810. The Labute approximate surface area is 179 Å². The molecule has 9 heteroatoms. The van der Waals surface area contributed by atoms with Crippen LogP contribution in [0.15, 0.2) is 4.99 Å². The van der Waals surface area contributed by atoms with Gasteiger partial charge in [-0.1, -0.05) is 27.2 Å². The third kappa shape index (κ3) is 8.57. The number of ether oxygens (including phenoxy) is 2. The Hall–Kier alpha value is -2.34. The lowest BCUT2D eigenvalue weighted by atomic mass is 9.88. The summed E-state index contributed by atoms with van der Waals surface area (Å²) < 4.78 is 11.0. The SMILES string of the molecule is CC(C)(C)CC(N=C(NC(=O)OC1CCCCC1)N1CCOCC1)C(=O)NCC#N. The number of morpholine rings is 1. The van der Waals surface area contributed by atoms with E-state index in [0.29, 0.717) is 38.7 Å².